The summed E-state index contributed by atoms with van der Waals surface area (Å²) in [5, 5.41) is 8.99. The zero-order valence-corrected chi connectivity index (χ0v) is 12.0. The average Bonchev–Trinajstić information content (AvgIpc) is 2.73. The second-order valence-electron chi connectivity index (χ2n) is 3.42. The third-order valence-corrected chi connectivity index (χ3v) is 4.00. The van der Waals surface area contributed by atoms with Gasteiger partial charge in [0.15, 0.2) is 0 Å². The lowest BCUT2D eigenvalue weighted by Gasteiger charge is -2.08. The van der Waals surface area contributed by atoms with Crippen molar-refractivity contribution in [3.8, 4) is 5.75 Å². The van der Waals surface area contributed by atoms with Gasteiger partial charge >= 0.3 is 0 Å². The van der Waals surface area contributed by atoms with Gasteiger partial charge in [0.05, 0.1) is 15.4 Å². The fourth-order valence-corrected chi connectivity index (χ4v) is 2.88. The van der Waals surface area contributed by atoms with E-state index < -0.39 is 0 Å². The number of hydrogen-bond donors (Lipinski definition) is 1. The van der Waals surface area contributed by atoms with E-state index in [1.807, 2.05) is 30.3 Å². The maximum atomic E-state index is 8.99. The molecule has 1 heterocycles. The first-order valence-electron chi connectivity index (χ1n) is 4.95. The number of rotatable bonds is 4. The monoisotopic (exact) mass is 332 g/mol. The molecule has 0 aliphatic carbocycles. The molecule has 2 rings (SSSR count). The molecule has 2 nitrogen and oxygen atoms in total. The third kappa shape index (κ3) is 3.45. The molecule has 0 saturated heterocycles. The molecule has 5 heteroatoms. The van der Waals surface area contributed by atoms with E-state index in [1.54, 1.807) is 0 Å². The van der Waals surface area contributed by atoms with Gasteiger partial charge in [0.1, 0.15) is 12.4 Å². The Balaban J connectivity index is 2.04. The van der Waals surface area contributed by atoms with Gasteiger partial charge in [-0.05, 0) is 45.8 Å². The van der Waals surface area contributed by atoms with E-state index in [2.05, 4.69) is 15.9 Å². The highest BCUT2D eigenvalue weighted by Crippen LogP contribution is 2.28. The molecule has 90 valence electrons. The lowest BCUT2D eigenvalue weighted by molar-refractivity contribution is 0.280. The predicted octanol–water partition coefficient (Wildman–Crippen LogP) is 4.24. The van der Waals surface area contributed by atoms with Crippen molar-refractivity contribution < 1.29 is 9.84 Å². The first-order valence-corrected chi connectivity index (χ1v) is 6.94. The number of benzene rings is 1. The van der Waals surface area contributed by atoms with Crippen molar-refractivity contribution in [1.82, 2.24) is 0 Å². The Bertz CT molecular complexity index is 513. The molecule has 0 atom stereocenters. The number of halogens is 2. The summed E-state index contributed by atoms with van der Waals surface area (Å²) in [7, 11) is 0. The fraction of sp³-hybridized carbons (Fsp3) is 0.167. The highest BCUT2D eigenvalue weighted by molar-refractivity contribution is 9.10. The first kappa shape index (κ1) is 12.9. The van der Waals surface area contributed by atoms with E-state index in [9.17, 15) is 0 Å². The van der Waals surface area contributed by atoms with E-state index in [1.165, 1.54) is 11.3 Å². The van der Waals surface area contributed by atoms with Crippen LogP contribution in [-0.4, -0.2) is 5.11 Å². The molecule has 0 fully saturated rings. The van der Waals surface area contributed by atoms with Crippen LogP contribution in [0.25, 0.3) is 0 Å². The zero-order valence-electron chi connectivity index (χ0n) is 8.82. The van der Waals surface area contributed by atoms with Gasteiger partial charge in [-0.1, -0.05) is 17.7 Å². The molecule has 0 bridgehead atoms. The van der Waals surface area contributed by atoms with Crippen molar-refractivity contribution in [3.63, 3.8) is 0 Å². The zero-order chi connectivity index (χ0) is 12.3. The SMILES string of the molecule is OCc1ccc(OCc2ccc(Cl)s2)c(Br)c1. The van der Waals surface area contributed by atoms with Crippen LogP contribution < -0.4 is 4.74 Å². The van der Waals surface area contributed by atoms with Gasteiger partial charge in [-0.3, -0.25) is 0 Å². The fourth-order valence-electron chi connectivity index (χ4n) is 1.34. The molecule has 1 aromatic heterocycles. The van der Waals surface area contributed by atoms with E-state index in [0.29, 0.717) is 6.61 Å². The van der Waals surface area contributed by atoms with Gasteiger partial charge in [0.25, 0.3) is 0 Å². The molecular formula is C12H10BrClO2S. The third-order valence-electron chi connectivity index (χ3n) is 2.18. The predicted molar refractivity (Wildman–Crippen MR) is 73.7 cm³/mol. The molecule has 1 N–H and O–H groups in total. The second kappa shape index (κ2) is 5.87. The second-order valence-corrected chi connectivity index (χ2v) is 6.07. The van der Waals surface area contributed by atoms with Crippen LogP contribution in [0.2, 0.25) is 4.34 Å². The van der Waals surface area contributed by atoms with Crippen LogP contribution in [0.4, 0.5) is 0 Å². The Morgan fingerprint density at radius 3 is 2.71 bits per heavy atom. The van der Waals surface area contributed by atoms with Gasteiger partial charge in [-0.2, -0.15) is 0 Å². The largest absolute Gasteiger partial charge is 0.487 e. The van der Waals surface area contributed by atoms with Crippen molar-refractivity contribution in [2.24, 2.45) is 0 Å². The Kier molecular flexibility index (Phi) is 4.45. The summed E-state index contributed by atoms with van der Waals surface area (Å²) in [5.74, 6) is 0.756. The molecule has 2 aromatic rings. The minimum Gasteiger partial charge on any atom is -0.487 e. The average molecular weight is 334 g/mol. The lowest BCUT2D eigenvalue weighted by Crippen LogP contribution is -1.94. The van der Waals surface area contributed by atoms with E-state index in [0.717, 1.165) is 25.0 Å². The quantitative estimate of drug-likeness (QED) is 0.907. The molecule has 0 unspecified atom stereocenters. The van der Waals surface area contributed by atoms with Crippen molar-refractivity contribution in [3.05, 3.63) is 49.6 Å². The first-order chi connectivity index (χ1) is 8.19. The molecular weight excluding hydrogens is 324 g/mol. The van der Waals surface area contributed by atoms with Gasteiger partial charge in [-0.25, -0.2) is 0 Å². The highest BCUT2D eigenvalue weighted by atomic mass is 79.9. The maximum Gasteiger partial charge on any atom is 0.134 e. The standard InChI is InChI=1S/C12H10BrClO2S/c13-10-5-8(6-15)1-3-11(10)16-7-9-2-4-12(14)17-9/h1-5,15H,6-7H2. The summed E-state index contributed by atoms with van der Waals surface area (Å²) in [6, 6.07) is 9.32. The summed E-state index contributed by atoms with van der Waals surface area (Å²) < 4.78 is 7.26. The summed E-state index contributed by atoms with van der Waals surface area (Å²) in [5.41, 5.74) is 0.850. The molecule has 0 amide bonds. The maximum absolute atomic E-state index is 8.99. The minimum atomic E-state index is 0.0272. The lowest BCUT2D eigenvalue weighted by atomic mass is 10.2. The summed E-state index contributed by atoms with van der Waals surface area (Å²) >= 11 is 10.8. The Morgan fingerprint density at radius 1 is 1.29 bits per heavy atom. The minimum absolute atomic E-state index is 0.0272. The normalized spacial score (nSPS) is 10.5. The molecule has 17 heavy (non-hydrogen) atoms. The van der Waals surface area contributed by atoms with E-state index in [4.69, 9.17) is 21.4 Å². The van der Waals surface area contributed by atoms with Gasteiger partial charge in [0.2, 0.25) is 0 Å². The number of hydrogen-bond acceptors (Lipinski definition) is 3. The molecule has 0 saturated carbocycles. The number of ether oxygens (including phenoxy) is 1. The summed E-state index contributed by atoms with van der Waals surface area (Å²) in [6.45, 7) is 0.522. The van der Waals surface area contributed by atoms with Crippen molar-refractivity contribution >= 4 is 38.9 Å². The van der Waals surface area contributed by atoms with Gasteiger partial charge in [-0.15, -0.1) is 11.3 Å². The number of thiophene rings is 1. The van der Waals surface area contributed by atoms with E-state index in [-0.39, 0.29) is 6.61 Å². The Labute approximate surface area is 117 Å². The van der Waals surface area contributed by atoms with Gasteiger partial charge < -0.3 is 9.84 Å². The van der Waals surface area contributed by atoms with Crippen LogP contribution in [0, 0.1) is 0 Å². The van der Waals surface area contributed by atoms with Crippen molar-refractivity contribution in [1.29, 1.82) is 0 Å². The molecule has 0 aliphatic heterocycles. The van der Waals surface area contributed by atoms with Crippen LogP contribution in [0.5, 0.6) is 5.75 Å². The van der Waals surface area contributed by atoms with Crippen LogP contribution in [0.3, 0.4) is 0 Å². The van der Waals surface area contributed by atoms with E-state index >= 15 is 0 Å². The molecule has 1 aromatic carbocycles. The molecule has 0 radical (unpaired) electrons. The Hall–Kier alpha value is -0.550. The number of aliphatic hydroxyl groups is 1. The molecule has 0 aliphatic rings. The smallest absolute Gasteiger partial charge is 0.134 e. The Morgan fingerprint density at radius 2 is 2.12 bits per heavy atom. The van der Waals surface area contributed by atoms with Crippen LogP contribution in [0.15, 0.2) is 34.8 Å². The highest BCUT2D eigenvalue weighted by Gasteiger charge is 2.04. The van der Waals surface area contributed by atoms with Crippen LogP contribution in [-0.2, 0) is 13.2 Å². The van der Waals surface area contributed by atoms with Crippen molar-refractivity contribution in [2.75, 3.05) is 0 Å². The summed E-state index contributed by atoms with van der Waals surface area (Å²) in [4.78, 5) is 1.08. The summed E-state index contributed by atoms with van der Waals surface area (Å²) in [6.07, 6.45) is 0. The van der Waals surface area contributed by atoms with Crippen LogP contribution in [0.1, 0.15) is 10.4 Å². The molecule has 0 spiro atoms. The van der Waals surface area contributed by atoms with Gasteiger partial charge in [0, 0.05) is 4.88 Å². The number of aliphatic hydroxyl groups excluding tert-OH is 1. The van der Waals surface area contributed by atoms with Crippen molar-refractivity contribution in [2.45, 2.75) is 13.2 Å². The topological polar surface area (TPSA) is 29.5 Å². The van der Waals surface area contributed by atoms with Crippen LogP contribution >= 0.6 is 38.9 Å².